The number of nitrogens with zero attached hydrogens (tertiary/aromatic N) is 6. The molecule has 0 spiro atoms. The lowest BCUT2D eigenvalue weighted by Crippen LogP contribution is -2.47. The molecule has 4 N–H and O–H groups in total. The van der Waals surface area contributed by atoms with E-state index in [1.54, 1.807) is 33.5 Å². The molecule has 1 aliphatic heterocycles. The van der Waals surface area contributed by atoms with E-state index in [0.29, 0.717) is 29.2 Å². The summed E-state index contributed by atoms with van der Waals surface area (Å²) in [6, 6.07) is 12.9. The van der Waals surface area contributed by atoms with E-state index in [0.717, 1.165) is 60.0 Å². The second kappa shape index (κ2) is 8.81. The van der Waals surface area contributed by atoms with Gasteiger partial charge in [0.05, 0.1) is 11.8 Å². The third-order valence-corrected chi connectivity index (χ3v) is 7.54. The van der Waals surface area contributed by atoms with Gasteiger partial charge in [-0.2, -0.15) is 14.6 Å². The van der Waals surface area contributed by atoms with Gasteiger partial charge in [-0.05, 0) is 42.5 Å². The van der Waals surface area contributed by atoms with E-state index in [2.05, 4.69) is 19.9 Å². The van der Waals surface area contributed by atoms with Gasteiger partial charge in [0.25, 0.3) is 0 Å². The number of nitrogen functional groups attached to an aromatic ring is 1. The van der Waals surface area contributed by atoms with Crippen LogP contribution in [0.4, 0.5) is 11.6 Å². The van der Waals surface area contributed by atoms with Gasteiger partial charge < -0.3 is 20.8 Å². The van der Waals surface area contributed by atoms with Crippen LogP contribution in [0.1, 0.15) is 10.4 Å². The highest BCUT2D eigenvalue weighted by Crippen LogP contribution is 2.28. The van der Waals surface area contributed by atoms with Crippen LogP contribution in [0, 0.1) is 0 Å². The predicted octanol–water partition coefficient (Wildman–Crippen LogP) is 1.87. The van der Waals surface area contributed by atoms with Crippen LogP contribution < -0.4 is 21.2 Å². The van der Waals surface area contributed by atoms with Crippen molar-refractivity contribution in [3.05, 3.63) is 64.0 Å². The number of rotatable bonds is 6. The lowest BCUT2D eigenvalue weighted by atomic mass is 10.1. The summed E-state index contributed by atoms with van der Waals surface area (Å²) in [5.74, 6) is 0.421. The minimum Gasteiger partial charge on any atom is -0.463 e. The van der Waals surface area contributed by atoms with Crippen molar-refractivity contribution in [1.29, 1.82) is 0 Å². The minimum absolute atomic E-state index is 0.0704. The fraction of sp³-hybridized carbons (Fsp3) is 0.250. The molecular formula is C24H24N8O3S. The third-order valence-electron chi connectivity index (χ3n) is 6.55. The summed E-state index contributed by atoms with van der Waals surface area (Å²) in [5, 5.41) is 4.50. The number of nitrogens with two attached hydrogens (primary N) is 2. The molecule has 1 aromatic carbocycles. The number of anilines is 2. The molecule has 184 valence electrons. The van der Waals surface area contributed by atoms with Crippen molar-refractivity contribution < 1.29 is 9.21 Å². The maximum Gasteiger partial charge on any atom is 0.309 e. The van der Waals surface area contributed by atoms with E-state index >= 15 is 0 Å². The van der Waals surface area contributed by atoms with Crippen LogP contribution in [0.15, 0.2) is 57.9 Å². The zero-order valence-electron chi connectivity index (χ0n) is 19.3. The predicted molar refractivity (Wildman–Crippen MR) is 138 cm³/mol. The molecule has 5 aromatic rings. The number of carbonyl (C=O) groups is 1. The van der Waals surface area contributed by atoms with Gasteiger partial charge in [-0.25, -0.2) is 0 Å². The smallest absolute Gasteiger partial charge is 0.309 e. The molecule has 6 rings (SSSR count). The Labute approximate surface area is 209 Å². The first-order valence-corrected chi connectivity index (χ1v) is 12.4. The van der Waals surface area contributed by atoms with Gasteiger partial charge in [0.15, 0.2) is 11.4 Å². The highest BCUT2D eigenvalue weighted by Gasteiger charge is 2.21. The maximum absolute atomic E-state index is 12.9. The van der Waals surface area contributed by atoms with E-state index in [1.807, 2.05) is 24.3 Å². The molecular weight excluding hydrogens is 480 g/mol. The number of hydrogen-bond acceptors (Lipinski definition) is 9. The van der Waals surface area contributed by atoms with Crippen molar-refractivity contribution in [3.63, 3.8) is 0 Å². The van der Waals surface area contributed by atoms with Crippen molar-refractivity contribution in [1.82, 2.24) is 24.1 Å². The molecule has 0 aliphatic carbocycles. The number of thiazole rings is 1. The number of primary amides is 1. The number of furan rings is 1. The summed E-state index contributed by atoms with van der Waals surface area (Å²) in [5.41, 5.74) is 15.1. The molecule has 1 amide bonds. The van der Waals surface area contributed by atoms with Gasteiger partial charge in [0.1, 0.15) is 10.4 Å². The minimum atomic E-state index is -0.425. The van der Waals surface area contributed by atoms with Crippen LogP contribution in [-0.2, 0) is 6.54 Å². The molecule has 11 nitrogen and oxygen atoms in total. The SMILES string of the molecule is NC(=O)c1ccc(N2CCN(CCn3c(=O)sc4c3nc(N)n3nc(-c5ccco5)cc43)CC2)cc1. The zero-order chi connectivity index (χ0) is 24.8. The lowest BCUT2D eigenvalue weighted by molar-refractivity contribution is 0.100. The van der Waals surface area contributed by atoms with Crippen molar-refractivity contribution in [2.45, 2.75) is 6.54 Å². The van der Waals surface area contributed by atoms with Gasteiger partial charge in [-0.3, -0.25) is 19.1 Å². The van der Waals surface area contributed by atoms with E-state index in [9.17, 15) is 9.59 Å². The van der Waals surface area contributed by atoms with Gasteiger partial charge in [-0.15, -0.1) is 0 Å². The number of amides is 1. The molecule has 0 atom stereocenters. The van der Waals surface area contributed by atoms with Crippen molar-refractivity contribution >= 4 is 44.7 Å². The summed E-state index contributed by atoms with van der Waals surface area (Å²) >= 11 is 1.15. The molecule has 0 radical (unpaired) electrons. The summed E-state index contributed by atoms with van der Waals surface area (Å²) < 4.78 is 9.46. The Bertz CT molecular complexity index is 1610. The summed E-state index contributed by atoms with van der Waals surface area (Å²) in [4.78, 5) is 33.3. The Morgan fingerprint density at radius 1 is 1.08 bits per heavy atom. The Morgan fingerprint density at radius 2 is 1.86 bits per heavy atom. The molecule has 0 saturated carbocycles. The highest BCUT2D eigenvalue weighted by molar-refractivity contribution is 7.17. The molecule has 1 aliphatic rings. The topological polar surface area (TPSA) is 141 Å². The lowest BCUT2D eigenvalue weighted by Gasteiger charge is -2.36. The zero-order valence-corrected chi connectivity index (χ0v) is 20.1. The number of benzene rings is 1. The highest BCUT2D eigenvalue weighted by atomic mass is 32.1. The number of aromatic nitrogens is 4. The Hall–Kier alpha value is -4.16. The van der Waals surface area contributed by atoms with Gasteiger partial charge in [0, 0.05) is 50.5 Å². The van der Waals surface area contributed by atoms with Crippen molar-refractivity contribution in [2.75, 3.05) is 43.4 Å². The molecule has 5 heterocycles. The average molecular weight is 505 g/mol. The fourth-order valence-corrected chi connectivity index (χ4v) is 5.56. The third kappa shape index (κ3) is 3.89. The molecule has 12 heteroatoms. The Morgan fingerprint density at radius 3 is 2.56 bits per heavy atom. The molecule has 0 unspecified atom stereocenters. The largest absolute Gasteiger partial charge is 0.463 e. The molecule has 4 aromatic heterocycles. The Balaban J connectivity index is 1.17. The molecule has 36 heavy (non-hydrogen) atoms. The first kappa shape index (κ1) is 22.3. The first-order chi connectivity index (χ1) is 17.5. The van der Waals surface area contributed by atoms with Gasteiger partial charge in [-0.1, -0.05) is 11.3 Å². The van der Waals surface area contributed by atoms with Crippen molar-refractivity contribution in [2.24, 2.45) is 5.73 Å². The van der Waals surface area contributed by atoms with E-state index in [-0.39, 0.29) is 10.8 Å². The number of hydrogen-bond donors (Lipinski definition) is 2. The van der Waals surface area contributed by atoms with E-state index in [4.69, 9.17) is 15.9 Å². The molecule has 0 bridgehead atoms. The summed E-state index contributed by atoms with van der Waals surface area (Å²) in [6.45, 7) is 4.68. The van der Waals surface area contributed by atoms with Crippen LogP contribution in [-0.4, -0.2) is 62.7 Å². The van der Waals surface area contributed by atoms with Crippen LogP contribution in [0.3, 0.4) is 0 Å². The monoisotopic (exact) mass is 504 g/mol. The van der Waals surface area contributed by atoms with E-state index in [1.165, 1.54) is 0 Å². The quantitative estimate of drug-likeness (QED) is 0.357. The number of carbonyl (C=O) groups excluding carboxylic acids is 1. The fourth-order valence-electron chi connectivity index (χ4n) is 4.60. The number of fused-ring (bicyclic) bond motifs is 3. The van der Waals surface area contributed by atoms with Crippen LogP contribution in [0.25, 0.3) is 27.3 Å². The van der Waals surface area contributed by atoms with Crippen LogP contribution in [0.5, 0.6) is 0 Å². The van der Waals surface area contributed by atoms with Gasteiger partial charge >= 0.3 is 4.87 Å². The standard InChI is InChI=1S/C24H24N8O3S/c25-21(33)15-3-5-16(6-4-15)30-10-7-29(8-11-30)9-12-31-22-20(36-24(31)34)18-14-17(19-2-1-13-35-19)28-32(18)23(26)27-22/h1-6,13-14H,7-12H2,(H2,25,33)(H2,26,27). The number of piperazine rings is 1. The second-order valence-electron chi connectivity index (χ2n) is 8.69. The average Bonchev–Trinajstić information content (AvgIpc) is 3.63. The van der Waals surface area contributed by atoms with Crippen LogP contribution in [0.2, 0.25) is 0 Å². The van der Waals surface area contributed by atoms with Crippen molar-refractivity contribution in [3.8, 4) is 11.5 Å². The second-order valence-corrected chi connectivity index (χ2v) is 9.65. The molecule has 1 fully saturated rings. The first-order valence-electron chi connectivity index (χ1n) is 11.6. The van der Waals surface area contributed by atoms with Crippen LogP contribution >= 0.6 is 11.3 Å². The van der Waals surface area contributed by atoms with E-state index < -0.39 is 5.91 Å². The Kier molecular flexibility index (Phi) is 5.46. The summed E-state index contributed by atoms with van der Waals surface area (Å²) in [6.07, 6.45) is 1.59. The maximum atomic E-state index is 12.9. The van der Waals surface area contributed by atoms with Gasteiger partial charge in [0.2, 0.25) is 11.9 Å². The molecule has 1 saturated heterocycles. The summed E-state index contributed by atoms with van der Waals surface area (Å²) in [7, 11) is 0. The normalized spacial score (nSPS) is 14.7.